The van der Waals surface area contributed by atoms with Crippen LogP contribution in [0.3, 0.4) is 0 Å². The highest BCUT2D eigenvalue weighted by atomic mass is 19.1. The van der Waals surface area contributed by atoms with Crippen molar-refractivity contribution in [2.75, 3.05) is 33.2 Å². The molecule has 2 aromatic carbocycles. The van der Waals surface area contributed by atoms with Crippen molar-refractivity contribution in [2.24, 2.45) is 0 Å². The van der Waals surface area contributed by atoms with E-state index in [9.17, 15) is 9.18 Å². The number of fused-ring (bicyclic) bond motifs is 1. The number of para-hydroxylation sites is 1. The number of hydrogen-bond acceptors (Lipinski definition) is 4. The molecule has 0 radical (unpaired) electrons. The molecule has 0 aliphatic carbocycles. The summed E-state index contributed by atoms with van der Waals surface area (Å²) in [4.78, 5) is 17.4. The second-order valence-corrected chi connectivity index (χ2v) is 7.41. The van der Waals surface area contributed by atoms with Crippen molar-refractivity contribution in [1.82, 2.24) is 25.3 Å². The molecule has 2 N–H and O–H groups in total. The summed E-state index contributed by atoms with van der Waals surface area (Å²) < 4.78 is 13.2. The van der Waals surface area contributed by atoms with E-state index < -0.39 is 0 Å². The van der Waals surface area contributed by atoms with Gasteiger partial charge < -0.3 is 10.2 Å². The molecular formula is C21H24FN5O. The van der Waals surface area contributed by atoms with E-state index in [-0.39, 0.29) is 17.8 Å². The molecule has 1 aliphatic rings. The summed E-state index contributed by atoms with van der Waals surface area (Å²) in [7, 11) is 2.06. The highest BCUT2D eigenvalue weighted by Gasteiger charge is 2.24. The van der Waals surface area contributed by atoms with Crippen LogP contribution in [0.15, 0.2) is 48.5 Å². The molecule has 1 amide bonds. The van der Waals surface area contributed by atoms with Crippen LogP contribution in [0.25, 0.3) is 10.9 Å². The van der Waals surface area contributed by atoms with Gasteiger partial charge in [-0.3, -0.25) is 14.8 Å². The number of halogens is 1. The number of aromatic amines is 1. The number of hydrogen-bond donors (Lipinski definition) is 2. The molecule has 1 aromatic heterocycles. The Balaban J connectivity index is 1.46. The summed E-state index contributed by atoms with van der Waals surface area (Å²) in [5.74, 6) is -0.393. The van der Waals surface area contributed by atoms with Gasteiger partial charge in [-0.2, -0.15) is 5.10 Å². The molecule has 0 saturated carbocycles. The Morgan fingerprint density at radius 3 is 2.79 bits per heavy atom. The van der Waals surface area contributed by atoms with Crippen LogP contribution in [0.5, 0.6) is 0 Å². The predicted octanol–water partition coefficient (Wildman–Crippen LogP) is 2.25. The van der Waals surface area contributed by atoms with Crippen LogP contribution in [-0.4, -0.2) is 65.2 Å². The Bertz CT molecular complexity index is 955. The molecule has 1 saturated heterocycles. The van der Waals surface area contributed by atoms with Crippen molar-refractivity contribution in [3.8, 4) is 0 Å². The third kappa shape index (κ3) is 4.21. The lowest BCUT2D eigenvalue weighted by Crippen LogP contribution is -2.46. The second kappa shape index (κ2) is 8.08. The third-order valence-corrected chi connectivity index (χ3v) is 5.15. The Labute approximate surface area is 163 Å². The van der Waals surface area contributed by atoms with Crippen LogP contribution in [0.4, 0.5) is 4.39 Å². The smallest absolute Gasteiger partial charge is 0.272 e. The molecular weight excluding hydrogens is 357 g/mol. The number of nitrogens with zero attached hydrogens (tertiary/aromatic N) is 3. The molecule has 1 unspecified atom stereocenters. The van der Waals surface area contributed by atoms with Crippen LogP contribution < -0.4 is 5.32 Å². The lowest BCUT2D eigenvalue weighted by molar-refractivity contribution is 0.0920. The summed E-state index contributed by atoms with van der Waals surface area (Å²) in [6, 6.07) is 14.2. The minimum absolute atomic E-state index is 0.0177. The van der Waals surface area contributed by atoms with Crippen molar-refractivity contribution >= 4 is 16.8 Å². The van der Waals surface area contributed by atoms with Crippen LogP contribution in [0.2, 0.25) is 0 Å². The maximum atomic E-state index is 13.2. The van der Waals surface area contributed by atoms with Crippen LogP contribution >= 0.6 is 0 Å². The van der Waals surface area contributed by atoms with Crippen molar-refractivity contribution < 1.29 is 9.18 Å². The van der Waals surface area contributed by atoms with Gasteiger partial charge >= 0.3 is 0 Å². The Morgan fingerprint density at radius 1 is 1.18 bits per heavy atom. The number of carbonyl (C=O) groups excluding carboxylic acids is 1. The van der Waals surface area contributed by atoms with E-state index in [1.807, 2.05) is 36.4 Å². The van der Waals surface area contributed by atoms with Gasteiger partial charge in [0.25, 0.3) is 5.91 Å². The van der Waals surface area contributed by atoms with Gasteiger partial charge in [0.05, 0.1) is 11.6 Å². The third-order valence-electron chi connectivity index (χ3n) is 5.15. The van der Waals surface area contributed by atoms with Gasteiger partial charge in [-0.05, 0) is 30.8 Å². The van der Waals surface area contributed by atoms with E-state index in [0.717, 1.165) is 49.2 Å². The fourth-order valence-electron chi connectivity index (χ4n) is 3.71. The molecule has 1 fully saturated rings. The van der Waals surface area contributed by atoms with Crippen LogP contribution in [0, 0.1) is 5.82 Å². The molecule has 0 bridgehead atoms. The summed E-state index contributed by atoms with van der Waals surface area (Å²) in [5, 5.41) is 11.1. The van der Waals surface area contributed by atoms with Gasteiger partial charge in [-0.25, -0.2) is 4.39 Å². The van der Waals surface area contributed by atoms with Gasteiger partial charge in [-0.15, -0.1) is 0 Å². The quantitative estimate of drug-likeness (QED) is 0.728. The standard InChI is InChI=1S/C21H24FN5O/c1-26-10-11-27(12-15-6-8-16(22)9-7-15)14-17(13-26)23-21(28)20-18-4-2-3-5-19(18)24-25-20/h2-9,17H,10-14H2,1H3,(H,23,28)(H,24,25). The largest absolute Gasteiger partial charge is 0.345 e. The first-order valence-electron chi connectivity index (χ1n) is 9.48. The number of aromatic nitrogens is 2. The zero-order chi connectivity index (χ0) is 19.5. The summed E-state index contributed by atoms with van der Waals surface area (Å²) in [6.07, 6.45) is 0. The van der Waals surface area contributed by atoms with E-state index >= 15 is 0 Å². The number of carbonyl (C=O) groups is 1. The predicted molar refractivity (Wildman–Crippen MR) is 107 cm³/mol. The van der Waals surface area contributed by atoms with E-state index in [1.165, 1.54) is 12.1 Å². The molecule has 146 valence electrons. The molecule has 0 spiro atoms. The van der Waals surface area contributed by atoms with Gasteiger partial charge in [0.2, 0.25) is 0 Å². The van der Waals surface area contributed by atoms with Crippen LogP contribution in [-0.2, 0) is 6.54 Å². The average molecular weight is 381 g/mol. The Morgan fingerprint density at radius 2 is 1.96 bits per heavy atom. The molecule has 1 aliphatic heterocycles. The Hall–Kier alpha value is -2.77. The number of H-pyrrole nitrogens is 1. The van der Waals surface area contributed by atoms with Gasteiger partial charge in [0, 0.05) is 38.1 Å². The Kier molecular flexibility index (Phi) is 5.36. The minimum atomic E-state index is -0.226. The van der Waals surface area contributed by atoms with E-state index in [1.54, 1.807) is 0 Å². The molecule has 28 heavy (non-hydrogen) atoms. The summed E-state index contributed by atoms with van der Waals surface area (Å²) >= 11 is 0. The number of likely N-dealkylation sites (N-methyl/N-ethyl adjacent to an activating group) is 1. The highest BCUT2D eigenvalue weighted by molar-refractivity contribution is 6.04. The lowest BCUT2D eigenvalue weighted by atomic mass is 10.1. The SMILES string of the molecule is CN1CCN(Cc2ccc(F)cc2)CC(NC(=O)c2n[nH]c3ccccc23)C1. The first-order valence-corrected chi connectivity index (χ1v) is 9.48. The first kappa shape index (κ1) is 18.6. The van der Waals surface area contributed by atoms with Crippen LogP contribution in [0.1, 0.15) is 16.1 Å². The second-order valence-electron chi connectivity index (χ2n) is 7.41. The molecule has 1 atom stereocenters. The summed E-state index contributed by atoms with van der Waals surface area (Å²) in [5.41, 5.74) is 2.34. The number of benzene rings is 2. The molecule has 7 heteroatoms. The zero-order valence-electron chi connectivity index (χ0n) is 15.9. The highest BCUT2D eigenvalue weighted by Crippen LogP contribution is 2.16. The van der Waals surface area contributed by atoms with Crippen molar-refractivity contribution in [1.29, 1.82) is 0 Å². The van der Waals surface area contributed by atoms with E-state index in [4.69, 9.17) is 0 Å². The topological polar surface area (TPSA) is 64.3 Å². The van der Waals surface area contributed by atoms with E-state index in [0.29, 0.717) is 5.69 Å². The zero-order valence-corrected chi connectivity index (χ0v) is 15.9. The van der Waals surface area contributed by atoms with Gasteiger partial charge in [0.1, 0.15) is 5.82 Å². The van der Waals surface area contributed by atoms with Crippen molar-refractivity contribution in [3.05, 3.63) is 65.6 Å². The molecule has 6 nitrogen and oxygen atoms in total. The number of rotatable bonds is 4. The molecule has 4 rings (SSSR count). The van der Waals surface area contributed by atoms with Gasteiger partial charge in [-0.1, -0.05) is 30.3 Å². The normalized spacial score (nSPS) is 18.9. The maximum absolute atomic E-state index is 13.2. The van der Waals surface area contributed by atoms with E-state index in [2.05, 4.69) is 32.4 Å². The number of amides is 1. The molecule has 2 heterocycles. The molecule has 3 aromatic rings. The average Bonchev–Trinajstić information content (AvgIpc) is 3.04. The monoisotopic (exact) mass is 381 g/mol. The number of nitrogens with one attached hydrogen (secondary N) is 2. The summed E-state index contributed by atoms with van der Waals surface area (Å²) in [6.45, 7) is 4.04. The first-order chi connectivity index (χ1) is 13.6. The van der Waals surface area contributed by atoms with Gasteiger partial charge in [0.15, 0.2) is 5.69 Å². The minimum Gasteiger partial charge on any atom is -0.345 e. The lowest BCUT2D eigenvalue weighted by Gasteiger charge is -2.24. The van der Waals surface area contributed by atoms with Crippen molar-refractivity contribution in [3.63, 3.8) is 0 Å². The fourth-order valence-corrected chi connectivity index (χ4v) is 3.71. The fraction of sp³-hybridized carbons (Fsp3) is 0.333. The maximum Gasteiger partial charge on any atom is 0.272 e. The van der Waals surface area contributed by atoms with Crippen molar-refractivity contribution in [2.45, 2.75) is 12.6 Å².